The number of hydrogen-bond acceptors (Lipinski definition) is 5. The number of nitrogens with zero attached hydrogens (tertiary/aromatic N) is 4. The monoisotopic (exact) mass is 550 g/mol. The van der Waals surface area contributed by atoms with Gasteiger partial charge in [0.05, 0.1) is 6.04 Å². The highest BCUT2D eigenvalue weighted by molar-refractivity contribution is 6.98. The van der Waals surface area contributed by atoms with Crippen LogP contribution < -0.4 is 10.4 Å². The van der Waals surface area contributed by atoms with Gasteiger partial charge in [-0.05, 0) is 53.5 Å². The fraction of sp³-hybridized carbons (Fsp3) is 0.533. The third-order valence-corrected chi connectivity index (χ3v) is 13.1. The molecule has 3 rings (SSSR count). The number of hydrogen-bond donors (Lipinski definition) is 1. The minimum Gasteiger partial charge on any atom is -0.441 e. The first-order chi connectivity index (χ1) is 18.6. The van der Waals surface area contributed by atoms with Crippen LogP contribution in [-0.2, 0) is 9.53 Å². The van der Waals surface area contributed by atoms with Gasteiger partial charge in [-0.3, -0.25) is 0 Å². The van der Waals surface area contributed by atoms with E-state index >= 15 is 0 Å². The first-order valence-electron chi connectivity index (χ1n) is 13.9. The Morgan fingerprint density at radius 3 is 2.21 bits per heavy atom. The van der Waals surface area contributed by atoms with Crippen LogP contribution in [0.1, 0.15) is 60.3 Å². The molecule has 1 amide bonds. The van der Waals surface area contributed by atoms with Crippen LogP contribution in [0.3, 0.4) is 0 Å². The Morgan fingerprint density at radius 2 is 1.72 bits per heavy atom. The number of ether oxygens (including phenoxy) is 1. The molecule has 0 bridgehead atoms. The third-order valence-electron chi connectivity index (χ3n) is 8.57. The molecule has 210 valence electrons. The SMILES string of the molecule is CC[C@@H](CC(C)(C)[Si](O)(c1ccccc1)c1ccccc1)[C@@]1(C)OC(=O)N(CCCCN=[N+]=[N-])[C@@H]1[C@@H](C)C=O. The van der Waals surface area contributed by atoms with Gasteiger partial charge in [0.2, 0.25) is 0 Å². The molecule has 0 aliphatic carbocycles. The van der Waals surface area contributed by atoms with Gasteiger partial charge >= 0.3 is 6.09 Å². The van der Waals surface area contributed by atoms with Gasteiger partial charge in [-0.15, -0.1) is 0 Å². The first kappa shape index (κ1) is 30.4. The van der Waals surface area contributed by atoms with Gasteiger partial charge in [0, 0.05) is 29.8 Å². The minimum absolute atomic E-state index is 0.108. The zero-order valence-electron chi connectivity index (χ0n) is 23.8. The topological polar surface area (TPSA) is 116 Å². The molecule has 1 aliphatic heterocycles. The van der Waals surface area contributed by atoms with Gasteiger partial charge in [-0.2, -0.15) is 0 Å². The lowest BCUT2D eigenvalue weighted by molar-refractivity contribution is -0.114. The zero-order valence-corrected chi connectivity index (χ0v) is 24.8. The Labute approximate surface area is 233 Å². The van der Waals surface area contributed by atoms with E-state index in [1.807, 2.05) is 74.5 Å². The fourth-order valence-electron chi connectivity index (χ4n) is 6.50. The fourth-order valence-corrected chi connectivity index (χ4v) is 10.3. The number of aldehydes is 1. The summed E-state index contributed by atoms with van der Waals surface area (Å²) in [4.78, 5) is 42.5. The Hall–Kier alpha value is -3.13. The Kier molecular flexibility index (Phi) is 9.99. The van der Waals surface area contributed by atoms with Crippen molar-refractivity contribution in [1.29, 1.82) is 0 Å². The normalized spacial score (nSPS) is 21.1. The molecule has 0 spiro atoms. The number of azide groups is 1. The van der Waals surface area contributed by atoms with Crippen LogP contribution in [-0.4, -0.2) is 55.1 Å². The number of amides is 1. The Balaban J connectivity index is 1.99. The maximum absolute atomic E-state index is 13.2. The molecular formula is C30H42N4O4Si. The highest BCUT2D eigenvalue weighted by Gasteiger charge is 2.59. The highest BCUT2D eigenvalue weighted by atomic mass is 28.4. The van der Waals surface area contributed by atoms with Crippen molar-refractivity contribution < 1.29 is 19.1 Å². The van der Waals surface area contributed by atoms with E-state index in [0.717, 1.165) is 16.7 Å². The van der Waals surface area contributed by atoms with Crippen LogP contribution in [0.25, 0.3) is 10.4 Å². The number of rotatable bonds is 14. The average molecular weight is 551 g/mol. The lowest BCUT2D eigenvalue weighted by Crippen LogP contribution is -2.66. The molecule has 8 nitrogen and oxygen atoms in total. The summed E-state index contributed by atoms with van der Waals surface area (Å²) in [7, 11) is -3.28. The minimum atomic E-state index is -3.28. The molecule has 0 unspecified atom stereocenters. The molecule has 0 saturated carbocycles. The lowest BCUT2D eigenvalue weighted by atomic mass is 9.73. The van der Waals surface area contributed by atoms with Gasteiger partial charge in [0.15, 0.2) is 0 Å². The van der Waals surface area contributed by atoms with Crippen molar-refractivity contribution in [3.63, 3.8) is 0 Å². The van der Waals surface area contributed by atoms with E-state index < -0.39 is 37.0 Å². The van der Waals surface area contributed by atoms with Crippen LogP contribution in [0.2, 0.25) is 5.04 Å². The number of unbranched alkanes of at least 4 members (excludes halogenated alkanes) is 1. The van der Waals surface area contributed by atoms with E-state index in [1.54, 1.807) is 4.90 Å². The molecule has 1 aliphatic rings. The molecule has 1 saturated heterocycles. The summed E-state index contributed by atoms with van der Waals surface area (Å²) < 4.78 is 6.18. The van der Waals surface area contributed by atoms with Crippen LogP contribution in [0.4, 0.5) is 4.79 Å². The molecule has 39 heavy (non-hydrogen) atoms. The molecule has 0 aromatic heterocycles. The van der Waals surface area contributed by atoms with Crippen LogP contribution in [0, 0.1) is 11.8 Å². The number of cyclic esters (lactones) is 1. The largest absolute Gasteiger partial charge is 0.441 e. The van der Waals surface area contributed by atoms with Gasteiger partial charge in [0.1, 0.15) is 11.9 Å². The Bertz CT molecular complexity index is 1120. The Morgan fingerprint density at radius 1 is 1.15 bits per heavy atom. The molecule has 1 fully saturated rings. The molecule has 2 aromatic rings. The summed E-state index contributed by atoms with van der Waals surface area (Å²) in [6, 6.07) is 19.4. The second-order valence-corrected chi connectivity index (χ2v) is 15.4. The van der Waals surface area contributed by atoms with Gasteiger partial charge in [-0.1, -0.05) is 93.5 Å². The molecule has 0 radical (unpaired) electrons. The van der Waals surface area contributed by atoms with Crippen molar-refractivity contribution in [2.45, 2.75) is 77.0 Å². The molecule has 9 heteroatoms. The van der Waals surface area contributed by atoms with E-state index in [4.69, 9.17) is 10.3 Å². The van der Waals surface area contributed by atoms with E-state index in [2.05, 4.69) is 30.8 Å². The van der Waals surface area contributed by atoms with E-state index in [-0.39, 0.29) is 5.92 Å². The maximum Gasteiger partial charge on any atom is 0.410 e. The zero-order chi connectivity index (χ0) is 28.7. The summed E-state index contributed by atoms with van der Waals surface area (Å²) >= 11 is 0. The maximum atomic E-state index is 13.2. The number of carbonyl (C=O) groups is 2. The lowest BCUT2D eigenvalue weighted by Gasteiger charge is -2.47. The smallest absolute Gasteiger partial charge is 0.410 e. The van der Waals surface area contributed by atoms with Crippen molar-refractivity contribution in [2.75, 3.05) is 13.1 Å². The average Bonchev–Trinajstić information content (AvgIpc) is 3.21. The van der Waals surface area contributed by atoms with E-state index in [1.165, 1.54) is 0 Å². The predicted molar refractivity (Wildman–Crippen MR) is 156 cm³/mol. The molecule has 4 atom stereocenters. The third kappa shape index (κ3) is 6.06. The molecular weight excluding hydrogens is 508 g/mol. The molecule has 2 aromatic carbocycles. The van der Waals surface area contributed by atoms with Crippen molar-refractivity contribution in [1.82, 2.24) is 4.90 Å². The molecule has 1 N–H and O–H groups in total. The number of carbonyl (C=O) groups excluding carboxylic acids is 2. The van der Waals surface area contributed by atoms with Gasteiger partial charge < -0.3 is 19.2 Å². The second kappa shape index (κ2) is 12.8. The van der Waals surface area contributed by atoms with Crippen LogP contribution in [0.5, 0.6) is 0 Å². The first-order valence-corrected chi connectivity index (χ1v) is 15.8. The number of benzene rings is 2. The summed E-state index contributed by atoms with van der Waals surface area (Å²) in [6.45, 7) is 10.9. The summed E-state index contributed by atoms with van der Waals surface area (Å²) in [5.74, 6) is -0.543. The van der Waals surface area contributed by atoms with E-state index in [0.29, 0.717) is 38.8 Å². The summed E-state index contributed by atoms with van der Waals surface area (Å²) in [5, 5.41) is 4.91. The summed E-state index contributed by atoms with van der Waals surface area (Å²) in [6.07, 6.45) is 3.08. The van der Waals surface area contributed by atoms with Crippen molar-refractivity contribution in [2.24, 2.45) is 17.0 Å². The second-order valence-electron chi connectivity index (χ2n) is 11.5. The van der Waals surface area contributed by atoms with Gasteiger partial charge in [0.25, 0.3) is 8.32 Å². The van der Waals surface area contributed by atoms with Gasteiger partial charge in [-0.25, -0.2) is 4.79 Å². The highest BCUT2D eigenvalue weighted by Crippen LogP contribution is 2.49. The van der Waals surface area contributed by atoms with Crippen LogP contribution in [0.15, 0.2) is 65.8 Å². The van der Waals surface area contributed by atoms with Crippen molar-refractivity contribution in [3.05, 3.63) is 71.1 Å². The van der Waals surface area contributed by atoms with Crippen molar-refractivity contribution in [3.8, 4) is 0 Å². The quantitative estimate of drug-likeness (QED) is 0.0842. The molecule has 1 heterocycles. The predicted octanol–water partition coefficient (Wildman–Crippen LogP) is 5.44. The van der Waals surface area contributed by atoms with Crippen molar-refractivity contribution >= 4 is 31.1 Å². The van der Waals surface area contributed by atoms with E-state index in [9.17, 15) is 14.4 Å². The summed E-state index contributed by atoms with van der Waals surface area (Å²) in [5.41, 5.74) is 7.62. The van der Waals surface area contributed by atoms with Crippen LogP contribution >= 0.6 is 0 Å². The standard InChI is InChI=1S/C30H42N4O4Si/c1-6-24(30(5)27(23(2)22-35)34(28(36)38-30)20-14-13-19-32-33-31)21-29(3,4)39(37,25-15-9-7-10-16-25)26-17-11-8-12-18-26/h7-12,15-18,22-24,27,37H,6,13-14,19-21H2,1-5H3/t23-,24-,27+,30+/m0/s1.